The molecule has 3 rings (SSSR count). The Kier molecular flexibility index (Phi) is 7.71. The van der Waals surface area contributed by atoms with Crippen LogP contribution in [0.3, 0.4) is 0 Å². The second-order valence-electron chi connectivity index (χ2n) is 7.90. The Morgan fingerprint density at radius 3 is 2.23 bits per heavy atom. The zero-order valence-corrected chi connectivity index (χ0v) is 19.9. The Hall–Kier alpha value is -3.57. The van der Waals surface area contributed by atoms with Gasteiger partial charge in [-0.3, -0.25) is 24.0 Å². The summed E-state index contributed by atoms with van der Waals surface area (Å²) in [7, 11) is 3.18. The molecule has 0 radical (unpaired) electrons. The summed E-state index contributed by atoms with van der Waals surface area (Å²) < 4.78 is 42.0. The van der Waals surface area contributed by atoms with Gasteiger partial charge in [0, 0.05) is 12.7 Å². The highest BCUT2D eigenvalue weighted by Gasteiger charge is 2.33. The van der Waals surface area contributed by atoms with Gasteiger partial charge >= 0.3 is 6.18 Å². The van der Waals surface area contributed by atoms with Crippen LogP contribution in [-0.2, 0) is 22.8 Å². The average Bonchev–Trinajstić information content (AvgIpc) is 2.97. The van der Waals surface area contributed by atoms with Crippen LogP contribution >= 0.6 is 11.6 Å². The third-order valence-electron chi connectivity index (χ3n) is 5.20. The van der Waals surface area contributed by atoms with Gasteiger partial charge in [-0.25, -0.2) is 4.68 Å². The topological polar surface area (TPSA) is 88.4 Å². The van der Waals surface area contributed by atoms with Crippen LogP contribution in [-0.4, -0.2) is 46.2 Å². The number of alkyl halides is 3. The molecule has 8 nitrogen and oxygen atoms in total. The number of benzene rings is 2. The molecule has 2 aromatic carbocycles. The molecule has 0 aliphatic rings. The second-order valence-corrected chi connectivity index (χ2v) is 8.30. The maximum absolute atomic E-state index is 13.0. The van der Waals surface area contributed by atoms with E-state index in [9.17, 15) is 27.6 Å². The van der Waals surface area contributed by atoms with Gasteiger partial charge in [0.1, 0.15) is 5.69 Å². The molecule has 0 aliphatic carbocycles. The van der Waals surface area contributed by atoms with Gasteiger partial charge < -0.3 is 10.6 Å². The minimum atomic E-state index is -4.67. The number of para-hydroxylation sites is 1. The lowest BCUT2D eigenvalue weighted by Gasteiger charge is -2.16. The molecule has 0 saturated heterocycles. The molecule has 2 amide bonds. The average molecular weight is 510 g/mol. The molecule has 2 N–H and O–H groups in total. The smallest absolute Gasteiger partial charge is 0.325 e. The predicted octanol–water partition coefficient (Wildman–Crippen LogP) is 3.67. The lowest BCUT2D eigenvalue weighted by Crippen LogP contribution is -2.36. The second kappa shape index (κ2) is 10.4. The van der Waals surface area contributed by atoms with E-state index in [-0.39, 0.29) is 24.5 Å². The minimum Gasteiger partial charge on any atom is -0.325 e. The van der Waals surface area contributed by atoms with Crippen molar-refractivity contribution < 1.29 is 22.8 Å². The third kappa shape index (κ3) is 6.11. The SMILES string of the molecule is Cc1c(NC(=O)CN(C)CC(=O)Nc2ccc(Cl)c(C(F)(F)F)c2)c(=O)n(-c2ccccc2)n1C. The molecule has 1 aromatic heterocycles. The van der Waals surface area contributed by atoms with Crippen molar-refractivity contribution in [3.8, 4) is 5.69 Å². The molecule has 0 fully saturated rings. The number of carbonyl (C=O) groups excluding carboxylic acids is 2. The van der Waals surface area contributed by atoms with Gasteiger partial charge in [-0.1, -0.05) is 29.8 Å². The van der Waals surface area contributed by atoms with Gasteiger partial charge in [0.25, 0.3) is 5.56 Å². The molecule has 186 valence electrons. The summed E-state index contributed by atoms with van der Waals surface area (Å²) in [4.78, 5) is 39.1. The molecule has 0 unspecified atom stereocenters. The van der Waals surface area contributed by atoms with E-state index in [1.54, 1.807) is 42.9 Å². The first-order chi connectivity index (χ1) is 16.4. The van der Waals surface area contributed by atoms with Crippen molar-refractivity contribution in [2.45, 2.75) is 13.1 Å². The highest BCUT2D eigenvalue weighted by molar-refractivity contribution is 6.31. The predicted molar refractivity (Wildman–Crippen MR) is 127 cm³/mol. The van der Waals surface area contributed by atoms with Crippen LogP contribution in [0, 0.1) is 6.92 Å². The normalized spacial score (nSPS) is 11.5. The Labute approximate surface area is 203 Å². The first kappa shape index (κ1) is 26.0. The van der Waals surface area contributed by atoms with Crippen LogP contribution in [0.5, 0.6) is 0 Å². The number of aromatic nitrogens is 2. The summed E-state index contributed by atoms with van der Waals surface area (Å²) in [5.74, 6) is -1.16. The van der Waals surface area contributed by atoms with E-state index in [1.165, 1.54) is 22.7 Å². The summed E-state index contributed by atoms with van der Waals surface area (Å²) >= 11 is 5.58. The number of hydrogen-bond donors (Lipinski definition) is 2. The first-order valence-electron chi connectivity index (χ1n) is 10.4. The molecular weight excluding hydrogens is 487 g/mol. The zero-order valence-electron chi connectivity index (χ0n) is 19.1. The summed E-state index contributed by atoms with van der Waals surface area (Å²) in [6, 6.07) is 11.9. The number of amides is 2. The molecule has 0 saturated carbocycles. The largest absolute Gasteiger partial charge is 0.417 e. The summed E-state index contributed by atoms with van der Waals surface area (Å²) in [6.45, 7) is 1.18. The number of anilines is 2. The van der Waals surface area contributed by atoms with Crippen molar-refractivity contribution in [3.63, 3.8) is 0 Å². The van der Waals surface area contributed by atoms with Crippen LogP contribution in [0.25, 0.3) is 5.69 Å². The third-order valence-corrected chi connectivity index (χ3v) is 5.53. The van der Waals surface area contributed by atoms with Crippen molar-refractivity contribution in [3.05, 3.63) is 75.2 Å². The Bertz CT molecular complexity index is 1300. The lowest BCUT2D eigenvalue weighted by atomic mass is 10.2. The fourth-order valence-corrected chi connectivity index (χ4v) is 3.68. The molecule has 0 spiro atoms. The van der Waals surface area contributed by atoms with Crippen molar-refractivity contribution in [1.29, 1.82) is 0 Å². The fourth-order valence-electron chi connectivity index (χ4n) is 3.46. The first-order valence-corrected chi connectivity index (χ1v) is 10.7. The lowest BCUT2D eigenvalue weighted by molar-refractivity contribution is -0.137. The number of halogens is 4. The molecule has 0 bridgehead atoms. The van der Waals surface area contributed by atoms with Crippen LogP contribution in [0.15, 0.2) is 53.3 Å². The number of nitrogens with zero attached hydrogens (tertiary/aromatic N) is 3. The van der Waals surface area contributed by atoms with Crippen molar-refractivity contribution >= 4 is 34.8 Å². The number of likely N-dealkylation sites (N-methyl/N-ethyl adjacent to an activating group) is 1. The van der Waals surface area contributed by atoms with E-state index >= 15 is 0 Å². The Balaban J connectivity index is 1.63. The number of hydrogen-bond acceptors (Lipinski definition) is 4. The molecule has 0 aliphatic heterocycles. The number of carbonyl (C=O) groups is 2. The van der Waals surface area contributed by atoms with Crippen LogP contribution in [0.1, 0.15) is 11.3 Å². The maximum Gasteiger partial charge on any atom is 0.417 e. The van der Waals surface area contributed by atoms with Gasteiger partial charge in [-0.2, -0.15) is 13.2 Å². The summed E-state index contributed by atoms with van der Waals surface area (Å²) in [6.07, 6.45) is -4.67. The summed E-state index contributed by atoms with van der Waals surface area (Å²) in [5.41, 5.74) is -0.271. The highest BCUT2D eigenvalue weighted by Crippen LogP contribution is 2.36. The van der Waals surface area contributed by atoms with E-state index < -0.39 is 34.1 Å². The molecule has 12 heteroatoms. The molecule has 1 heterocycles. The standard InChI is InChI=1S/C23H23ClF3N5O3/c1-14-21(22(35)32(31(14)3)16-7-5-4-6-8-16)29-20(34)13-30(2)12-19(33)28-15-9-10-18(24)17(11-15)23(25,26)27/h4-11H,12-13H2,1-3H3,(H,28,33)(H,29,34). The number of rotatable bonds is 7. The van der Waals surface area contributed by atoms with Gasteiger partial charge in [-0.05, 0) is 44.3 Å². The Morgan fingerprint density at radius 2 is 1.63 bits per heavy atom. The van der Waals surface area contributed by atoms with Crippen molar-refractivity contribution in [1.82, 2.24) is 14.3 Å². The maximum atomic E-state index is 13.0. The van der Waals surface area contributed by atoms with Gasteiger partial charge in [0.2, 0.25) is 11.8 Å². The van der Waals surface area contributed by atoms with E-state index in [4.69, 9.17) is 11.6 Å². The monoisotopic (exact) mass is 509 g/mol. The van der Waals surface area contributed by atoms with E-state index in [1.807, 2.05) is 6.07 Å². The molecule has 0 atom stereocenters. The van der Waals surface area contributed by atoms with E-state index in [2.05, 4.69) is 10.6 Å². The van der Waals surface area contributed by atoms with E-state index in [0.29, 0.717) is 11.4 Å². The molecular formula is C23H23ClF3N5O3. The number of nitrogens with one attached hydrogen (secondary N) is 2. The highest BCUT2D eigenvalue weighted by atomic mass is 35.5. The molecule has 35 heavy (non-hydrogen) atoms. The zero-order chi connectivity index (χ0) is 25.9. The fraction of sp³-hybridized carbons (Fsp3) is 0.261. The van der Waals surface area contributed by atoms with Crippen LogP contribution < -0.4 is 16.2 Å². The van der Waals surface area contributed by atoms with Gasteiger partial charge in [0.15, 0.2) is 0 Å². The van der Waals surface area contributed by atoms with Crippen LogP contribution in [0.4, 0.5) is 24.5 Å². The summed E-state index contributed by atoms with van der Waals surface area (Å²) in [5, 5.41) is 4.46. The van der Waals surface area contributed by atoms with Crippen molar-refractivity contribution in [2.75, 3.05) is 30.8 Å². The van der Waals surface area contributed by atoms with E-state index in [0.717, 1.165) is 12.1 Å². The Morgan fingerprint density at radius 1 is 1.03 bits per heavy atom. The van der Waals surface area contributed by atoms with Crippen molar-refractivity contribution in [2.24, 2.45) is 7.05 Å². The van der Waals surface area contributed by atoms with Gasteiger partial charge in [0.05, 0.1) is 35.1 Å². The quantitative estimate of drug-likeness (QED) is 0.509. The van der Waals surface area contributed by atoms with Crippen LogP contribution in [0.2, 0.25) is 5.02 Å². The van der Waals surface area contributed by atoms with Gasteiger partial charge in [-0.15, -0.1) is 0 Å². The minimum absolute atomic E-state index is 0.0778. The molecule has 3 aromatic rings.